The van der Waals surface area contributed by atoms with E-state index >= 15 is 0 Å². The molecule has 0 bridgehead atoms. The van der Waals surface area contributed by atoms with E-state index in [1.807, 2.05) is 19.9 Å². The number of likely N-dealkylation sites (tertiary alicyclic amines) is 1. The summed E-state index contributed by atoms with van der Waals surface area (Å²) in [4.78, 5) is 2.51. The highest BCUT2D eigenvalue weighted by atomic mass is 35.5. The van der Waals surface area contributed by atoms with Gasteiger partial charge in [0.05, 0.1) is 0 Å². The van der Waals surface area contributed by atoms with Crippen LogP contribution in [-0.2, 0) is 6.54 Å². The molecule has 1 nitrogen and oxygen atoms in total. The summed E-state index contributed by atoms with van der Waals surface area (Å²) in [5.41, 5.74) is 2.60. The molecule has 0 spiro atoms. The van der Waals surface area contributed by atoms with Crippen LogP contribution >= 0.6 is 11.6 Å². The number of hydrogen-bond acceptors (Lipinski definition) is 1. The highest BCUT2D eigenvalue weighted by Gasteiger charge is 2.18. The predicted molar refractivity (Wildman–Crippen MR) is 76.6 cm³/mol. The van der Waals surface area contributed by atoms with E-state index < -0.39 is 0 Å². The molecule has 1 unspecified atom stereocenters. The lowest BCUT2D eigenvalue weighted by molar-refractivity contribution is 0.320. The van der Waals surface area contributed by atoms with Gasteiger partial charge in [-0.05, 0) is 49.1 Å². The van der Waals surface area contributed by atoms with Gasteiger partial charge in [0.15, 0.2) is 0 Å². The van der Waals surface area contributed by atoms with Crippen molar-refractivity contribution in [1.82, 2.24) is 4.90 Å². The molecule has 96 valence electrons. The van der Waals surface area contributed by atoms with Crippen LogP contribution in [0.2, 0.25) is 5.02 Å². The van der Waals surface area contributed by atoms with Gasteiger partial charge in [-0.1, -0.05) is 38.4 Å². The minimum atomic E-state index is 0.852. The van der Waals surface area contributed by atoms with Gasteiger partial charge in [-0.2, -0.15) is 0 Å². The smallest absolute Gasteiger partial charge is 0.0411 e. The van der Waals surface area contributed by atoms with Gasteiger partial charge in [-0.3, -0.25) is 4.90 Å². The van der Waals surface area contributed by atoms with Gasteiger partial charge < -0.3 is 0 Å². The number of halogens is 1. The van der Waals surface area contributed by atoms with Crippen molar-refractivity contribution in [3.05, 3.63) is 34.3 Å². The van der Waals surface area contributed by atoms with E-state index in [1.165, 1.54) is 30.6 Å². The number of nitrogens with zero attached hydrogens (tertiary/aromatic N) is 1. The van der Waals surface area contributed by atoms with Crippen LogP contribution < -0.4 is 0 Å². The summed E-state index contributed by atoms with van der Waals surface area (Å²) in [7, 11) is 0. The van der Waals surface area contributed by atoms with Gasteiger partial charge in [0, 0.05) is 18.1 Å². The monoisotopic (exact) mass is 253 g/mol. The fourth-order valence-electron chi connectivity index (χ4n) is 2.33. The average Bonchev–Trinajstić information content (AvgIpc) is 2.65. The van der Waals surface area contributed by atoms with E-state index in [1.54, 1.807) is 0 Å². The molecule has 1 saturated heterocycles. The number of rotatable bonds is 2. The Morgan fingerprint density at radius 2 is 2.00 bits per heavy atom. The molecule has 0 aromatic heterocycles. The molecule has 0 N–H and O–H groups in total. The van der Waals surface area contributed by atoms with Crippen molar-refractivity contribution < 1.29 is 0 Å². The van der Waals surface area contributed by atoms with Crippen LogP contribution in [0.1, 0.15) is 38.3 Å². The molecule has 2 rings (SSSR count). The Labute approximate surface area is 111 Å². The number of aryl methyl sites for hydroxylation is 1. The first-order chi connectivity index (χ1) is 8.13. The Hall–Kier alpha value is -0.530. The van der Waals surface area contributed by atoms with Crippen LogP contribution in [0.15, 0.2) is 18.2 Å². The molecule has 1 aromatic carbocycles. The summed E-state index contributed by atoms with van der Waals surface area (Å²) in [5, 5.41) is 0.859. The van der Waals surface area contributed by atoms with Crippen LogP contribution in [0, 0.1) is 12.8 Å². The summed E-state index contributed by atoms with van der Waals surface area (Å²) in [6.07, 6.45) is 1.33. The van der Waals surface area contributed by atoms with Crippen molar-refractivity contribution in [1.29, 1.82) is 0 Å². The summed E-state index contributed by atoms with van der Waals surface area (Å²) >= 11 is 6.05. The zero-order chi connectivity index (χ0) is 12.8. The minimum absolute atomic E-state index is 0.852. The lowest BCUT2D eigenvalue weighted by Crippen LogP contribution is -2.19. The molecule has 1 aromatic rings. The zero-order valence-corrected chi connectivity index (χ0v) is 12.2. The second-order valence-corrected chi connectivity index (χ2v) is 5.20. The van der Waals surface area contributed by atoms with Crippen molar-refractivity contribution in [2.45, 2.75) is 40.7 Å². The first-order valence-corrected chi connectivity index (χ1v) is 7.00. The van der Waals surface area contributed by atoms with Crippen LogP contribution in [0.25, 0.3) is 0 Å². The Bertz CT molecular complexity index is 329. The maximum Gasteiger partial charge on any atom is 0.0411 e. The lowest BCUT2D eigenvalue weighted by Gasteiger charge is -2.15. The summed E-state index contributed by atoms with van der Waals surface area (Å²) in [6, 6.07) is 6.32. The maximum absolute atomic E-state index is 6.05. The van der Waals surface area contributed by atoms with Crippen LogP contribution in [0.4, 0.5) is 0 Å². The maximum atomic E-state index is 6.05. The number of benzene rings is 1. The molecule has 1 heterocycles. The molecule has 0 aliphatic carbocycles. The molecule has 2 heteroatoms. The Kier molecular flexibility index (Phi) is 6.01. The van der Waals surface area contributed by atoms with Gasteiger partial charge in [0.1, 0.15) is 0 Å². The van der Waals surface area contributed by atoms with E-state index in [0.29, 0.717) is 0 Å². The Morgan fingerprint density at radius 3 is 2.53 bits per heavy atom. The van der Waals surface area contributed by atoms with E-state index in [0.717, 1.165) is 17.5 Å². The Balaban J connectivity index is 0.000000686. The second-order valence-electron chi connectivity index (χ2n) is 4.77. The molecule has 0 amide bonds. The molecule has 1 aliphatic heterocycles. The molecule has 1 aliphatic rings. The fourth-order valence-corrected chi connectivity index (χ4v) is 2.64. The third-order valence-corrected chi connectivity index (χ3v) is 3.23. The molecular weight excluding hydrogens is 230 g/mol. The van der Waals surface area contributed by atoms with Gasteiger partial charge in [-0.25, -0.2) is 0 Å². The van der Waals surface area contributed by atoms with Gasteiger partial charge in [0.2, 0.25) is 0 Å². The third kappa shape index (κ3) is 4.69. The highest BCUT2D eigenvalue weighted by Crippen LogP contribution is 2.20. The van der Waals surface area contributed by atoms with Gasteiger partial charge >= 0.3 is 0 Å². The Morgan fingerprint density at radius 1 is 1.29 bits per heavy atom. The van der Waals surface area contributed by atoms with Crippen LogP contribution in [0.5, 0.6) is 0 Å². The lowest BCUT2D eigenvalue weighted by atomic mass is 10.1. The van der Waals surface area contributed by atoms with Crippen molar-refractivity contribution in [2.75, 3.05) is 13.1 Å². The third-order valence-electron chi connectivity index (χ3n) is 3.02. The zero-order valence-electron chi connectivity index (χ0n) is 11.5. The van der Waals surface area contributed by atoms with E-state index in [2.05, 4.69) is 30.9 Å². The van der Waals surface area contributed by atoms with Gasteiger partial charge in [-0.15, -0.1) is 0 Å². The largest absolute Gasteiger partial charge is 0.299 e. The van der Waals surface area contributed by atoms with E-state index in [9.17, 15) is 0 Å². The van der Waals surface area contributed by atoms with Crippen molar-refractivity contribution in [3.8, 4) is 0 Å². The van der Waals surface area contributed by atoms with E-state index in [-0.39, 0.29) is 0 Å². The fraction of sp³-hybridized carbons (Fsp3) is 0.600. The van der Waals surface area contributed by atoms with Crippen molar-refractivity contribution >= 4 is 11.6 Å². The number of hydrogen-bond donors (Lipinski definition) is 0. The average molecular weight is 254 g/mol. The second kappa shape index (κ2) is 7.03. The molecular formula is C15H24ClN. The molecule has 0 radical (unpaired) electrons. The quantitative estimate of drug-likeness (QED) is 0.749. The van der Waals surface area contributed by atoms with Crippen molar-refractivity contribution in [2.24, 2.45) is 5.92 Å². The normalized spacial score (nSPS) is 19.9. The minimum Gasteiger partial charge on any atom is -0.299 e. The summed E-state index contributed by atoms with van der Waals surface area (Å²) < 4.78 is 0. The summed E-state index contributed by atoms with van der Waals surface area (Å²) in [6.45, 7) is 11.9. The molecule has 1 fully saturated rings. The van der Waals surface area contributed by atoms with Crippen LogP contribution in [0.3, 0.4) is 0 Å². The van der Waals surface area contributed by atoms with Crippen molar-refractivity contribution in [3.63, 3.8) is 0 Å². The van der Waals surface area contributed by atoms with E-state index in [4.69, 9.17) is 11.6 Å². The molecule has 0 saturated carbocycles. The molecule has 17 heavy (non-hydrogen) atoms. The molecule has 1 atom stereocenters. The predicted octanol–water partition coefficient (Wildman–Crippen LogP) is 4.52. The highest BCUT2D eigenvalue weighted by molar-refractivity contribution is 6.30. The summed E-state index contributed by atoms with van der Waals surface area (Å²) in [5.74, 6) is 0.852. The van der Waals surface area contributed by atoms with Crippen LogP contribution in [-0.4, -0.2) is 18.0 Å². The first kappa shape index (κ1) is 14.5. The standard InChI is InChI=1S/C13H18ClN.C2H6/c1-10-3-4-15(8-10)9-12-5-11(2)6-13(14)7-12;1-2/h5-7,10H,3-4,8-9H2,1-2H3;1-2H3. The first-order valence-electron chi connectivity index (χ1n) is 6.62. The SMILES string of the molecule is CC.Cc1cc(Cl)cc(CN2CCC(C)C2)c1. The topological polar surface area (TPSA) is 3.24 Å². The van der Waals surface area contributed by atoms with Gasteiger partial charge in [0.25, 0.3) is 0 Å².